The zero-order valence-corrected chi connectivity index (χ0v) is 20.4. The van der Waals surface area contributed by atoms with Gasteiger partial charge in [-0.1, -0.05) is 6.07 Å². The van der Waals surface area contributed by atoms with Crippen molar-refractivity contribution in [3.63, 3.8) is 0 Å². The van der Waals surface area contributed by atoms with Crippen LogP contribution >= 0.6 is 0 Å². The van der Waals surface area contributed by atoms with Gasteiger partial charge in [-0.05, 0) is 54.3 Å². The van der Waals surface area contributed by atoms with Crippen LogP contribution in [0.25, 0.3) is 0 Å². The van der Waals surface area contributed by atoms with Crippen LogP contribution in [0, 0.1) is 0 Å². The Balaban J connectivity index is 1.30. The Kier molecular flexibility index (Phi) is 6.44. The lowest BCUT2D eigenvalue weighted by Crippen LogP contribution is -2.47. The molecule has 8 nitrogen and oxygen atoms in total. The number of ether oxygens (including phenoxy) is 3. The normalized spacial score (nSPS) is 17.7. The molecule has 35 heavy (non-hydrogen) atoms. The number of nitrogens with zero attached hydrogens (tertiary/aromatic N) is 4. The molecule has 0 spiro atoms. The molecule has 2 heterocycles. The molecular formula is C27H30N4O4. The van der Waals surface area contributed by atoms with Gasteiger partial charge in [0.1, 0.15) is 5.75 Å². The maximum atomic E-state index is 12.9. The molecule has 2 aromatic carbocycles. The van der Waals surface area contributed by atoms with Gasteiger partial charge in [-0.2, -0.15) is 0 Å². The van der Waals surface area contributed by atoms with E-state index >= 15 is 0 Å². The smallest absolute Gasteiger partial charge is 0.225 e. The van der Waals surface area contributed by atoms with E-state index in [0.29, 0.717) is 35.9 Å². The molecule has 1 saturated heterocycles. The summed E-state index contributed by atoms with van der Waals surface area (Å²) < 4.78 is 16.1. The zero-order chi connectivity index (χ0) is 24.4. The minimum Gasteiger partial charge on any atom is -0.497 e. The molecule has 1 atom stereocenters. The molecule has 1 aliphatic carbocycles. The number of piperazine rings is 1. The van der Waals surface area contributed by atoms with Crippen molar-refractivity contribution < 1.29 is 19.0 Å². The molecule has 0 N–H and O–H groups in total. The summed E-state index contributed by atoms with van der Waals surface area (Å²) >= 11 is 0. The standard InChI is InChI=1S/C27H30N4O4/c1-33-21-7-5-20(6-8-21)30-10-12-31(13-11-30)27-28-17-22-23(29-27)14-19(15-24(22)32)18-4-9-25(34-2)26(16-18)35-3/h4-9,16-17,19H,10-15H2,1-3H3/t19-/m1/s1. The Morgan fingerprint density at radius 2 is 1.54 bits per heavy atom. The van der Waals surface area contributed by atoms with Crippen molar-refractivity contribution in [1.82, 2.24) is 9.97 Å². The van der Waals surface area contributed by atoms with Crippen molar-refractivity contribution in [3.05, 3.63) is 65.5 Å². The van der Waals surface area contributed by atoms with Crippen LogP contribution in [0.1, 0.15) is 34.0 Å². The van der Waals surface area contributed by atoms with Crippen LogP contribution in [-0.2, 0) is 6.42 Å². The highest BCUT2D eigenvalue weighted by Crippen LogP contribution is 2.36. The molecule has 1 aliphatic heterocycles. The molecule has 0 unspecified atom stereocenters. The number of hydrogen-bond donors (Lipinski definition) is 0. The molecule has 0 saturated carbocycles. The number of Topliss-reactive ketones (excluding diaryl/α,β-unsaturated/α-hetero) is 1. The molecule has 1 fully saturated rings. The third kappa shape index (κ3) is 4.60. The molecule has 8 heteroatoms. The third-order valence-corrected chi connectivity index (χ3v) is 6.91. The zero-order valence-electron chi connectivity index (χ0n) is 20.4. The first-order valence-corrected chi connectivity index (χ1v) is 11.8. The van der Waals surface area contributed by atoms with E-state index in [4.69, 9.17) is 19.2 Å². The lowest BCUT2D eigenvalue weighted by Gasteiger charge is -2.36. The quantitative estimate of drug-likeness (QED) is 0.535. The van der Waals surface area contributed by atoms with Crippen LogP contribution in [-0.4, -0.2) is 63.3 Å². The summed E-state index contributed by atoms with van der Waals surface area (Å²) in [5.41, 5.74) is 3.70. The topological polar surface area (TPSA) is 77.0 Å². The summed E-state index contributed by atoms with van der Waals surface area (Å²) in [5, 5.41) is 0. The monoisotopic (exact) mass is 474 g/mol. The number of hydrogen-bond acceptors (Lipinski definition) is 8. The fourth-order valence-electron chi connectivity index (χ4n) is 4.89. The predicted molar refractivity (Wildman–Crippen MR) is 134 cm³/mol. The van der Waals surface area contributed by atoms with Crippen molar-refractivity contribution in [2.75, 3.05) is 57.3 Å². The van der Waals surface area contributed by atoms with Crippen molar-refractivity contribution in [2.24, 2.45) is 0 Å². The second kappa shape index (κ2) is 9.82. The van der Waals surface area contributed by atoms with Crippen molar-refractivity contribution in [2.45, 2.75) is 18.8 Å². The second-order valence-corrected chi connectivity index (χ2v) is 8.85. The number of carbonyl (C=O) groups is 1. The number of fused-ring (bicyclic) bond motifs is 1. The Hall–Kier alpha value is -3.81. The highest BCUT2D eigenvalue weighted by molar-refractivity contribution is 5.98. The van der Waals surface area contributed by atoms with E-state index in [9.17, 15) is 4.79 Å². The van der Waals surface area contributed by atoms with Gasteiger partial charge in [-0.25, -0.2) is 9.97 Å². The van der Waals surface area contributed by atoms with E-state index in [0.717, 1.165) is 43.2 Å². The number of aromatic nitrogens is 2. The first-order chi connectivity index (χ1) is 17.1. The van der Waals surface area contributed by atoms with Crippen LogP contribution in [0.4, 0.5) is 11.6 Å². The number of benzene rings is 2. The van der Waals surface area contributed by atoms with Gasteiger partial charge in [-0.15, -0.1) is 0 Å². The number of ketones is 1. The minimum atomic E-state index is 0.0458. The number of carbonyl (C=O) groups excluding carboxylic acids is 1. The maximum Gasteiger partial charge on any atom is 0.225 e. The molecule has 182 valence electrons. The number of methoxy groups -OCH3 is 3. The number of rotatable bonds is 6. The highest BCUT2D eigenvalue weighted by atomic mass is 16.5. The molecule has 0 radical (unpaired) electrons. The molecule has 2 aliphatic rings. The molecule has 1 aromatic heterocycles. The average Bonchev–Trinajstić information content (AvgIpc) is 2.92. The Morgan fingerprint density at radius 3 is 2.23 bits per heavy atom. The van der Waals surface area contributed by atoms with E-state index in [1.54, 1.807) is 27.5 Å². The second-order valence-electron chi connectivity index (χ2n) is 8.85. The van der Waals surface area contributed by atoms with Crippen molar-refractivity contribution >= 4 is 17.4 Å². The summed E-state index contributed by atoms with van der Waals surface area (Å²) in [7, 11) is 4.92. The van der Waals surface area contributed by atoms with Gasteiger partial charge < -0.3 is 24.0 Å². The molecule has 5 rings (SSSR count). The van der Waals surface area contributed by atoms with Crippen molar-refractivity contribution in [3.8, 4) is 17.2 Å². The predicted octanol–water partition coefficient (Wildman–Crippen LogP) is 3.74. The van der Waals surface area contributed by atoms with Crippen LogP contribution in [0.5, 0.6) is 17.2 Å². The van der Waals surface area contributed by atoms with E-state index < -0.39 is 0 Å². The van der Waals surface area contributed by atoms with Crippen LogP contribution in [0.3, 0.4) is 0 Å². The summed E-state index contributed by atoms with van der Waals surface area (Å²) in [6.45, 7) is 3.38. The van der Waals surface area contributed by atoms with Crippen LogP contribution in [0.15, 0.2) is 48.7 Å². The summed E-state index contributed by atoms with van der Waals surface area (Å²) in [6, 6.07) is 14.0. The van der Waals surface area contributed by atoms with Gasteiger partial charge >= 0.3 is 0 Å². The Morgan fingerprint density at radius 1 is 0.829 bits per heavy atom. The lowest BCUT2D eigenvalue weighted by molar-refractivity contribution is 0.0962. The lowest BCUT2D eigenvalue weighted by atomic mass is 9.82. The SMILES string of the molecule is COc1ccc(N2CCN(c3ncc4c(n3)C[C@@H](c3ccc(OC)c(OC)c3)CC4=O)CC2)cc1. The summed E-state index contributed by atoms with van der Waals surface area (Å²) in [5.74, 6) is 3.03. The first kappa shape index (κ1) is 23.0. The fourth-order valence-corrected chi connectivity index (χ4v) is 4.89. The summed E-state index contributed by atoms with van der Waals surface area (Å²) in [4.78, 5) is 26.9. The van der Waals surface area contributed by atoms with E-state index in [1.807, 2.05) is 30.3 Å². The van der Waals surface area contributed by atoms with E-state index in [-0.39, 0.29) is 11.7 Å². The molecule has 0 bridgehead atoms. The fraction of sp³-hybridized carbons (Fsp3) is 0.370. The number of anilines is 2. The van der Waals surface area contributed by atoms with Crippen molar-refractivity contribution in [1.29, 1.82) is 0 Å². The molecular weight excluding hydrogens is 444 g/mol. The first-order valence-electron chi connectivity index (χ1n) is 11.8. The molecule has 3 aromatic rings. The highest BCUT2D eigenvalue weighted by Gasteiger charge is 2.30. The van der Waals surface area contributed by atoms with Gasteiger partial charge in [0.2, 0.25) is 5.95 Å². The van der Waals surface area contributed by atoms with E-state index in [2.05, 4.69) is 26.9 Å². The van der Waals surface area contributed by atoms with Gasteiger partial charge in [0.15, 0.2) is 17.3 Å². The van der Waals surface area contributed by atoms with Gasteiger partial charge in [0.25, 0.3) is 0 Å². The largest absolute Gasteiger partial charge is 0.497 e. The third-order valence-electron chi connectivity index (χ3n) is 6.91. The average molecular weight is 475 g/mol. The summed E-state index contributed by atoms with van der Waals surface area (Å²) in [6.07, 6.45) is 2.84. The van der Waals surface area contributed by atoms with Crippen LogP contribution < -0.4 is 24.0 Å². The maximum absolute atomic E-state index is 12.9. The van der Waals surface area contributed by atoms with Gasteiger partial charge in [0.05, 0.1) is 32.6 Å². The minimum absolute atomic E-state index is 0.0458. The molecule has 0 amide bonds. The Labute approximate surface area is 205 Å². The van der Waals surface area contributed by atoms with Gasteiger partial charge in [0, 0.05) is 44.5 Å². The van der Waals surface area contributed by atoms with Gasteiger partial charge in [-0.3, -0.25) is 4.79 Å². The Bertz CT molecular complexity index is 1210. The van der Waals surface area contributed by atoms with E-state index in [1.165, 1.54) is 5.69 Å². The van der Waals surface area contributed by atoms with Crippen LogP contribution in [0.2, 0.25) is 0 Å².